The molecule has 2 aromatic carbocycles. The fourth-order valence-corrected chi connectivity index (χ4v) is 3.36. The molecule has 1 aliphatic heterocycles. The minimum Gasteiger partial charge on any atom is -0.469 e. The summed E-state index contributed by atoms with van der Waals surface area (Å²) in [6.07, 6.45) is 1.02. The third-order valence-electron chi connectivity index (χ3n) is 4.56. The molecule has 4 nitrogen and oxygen atoms in total. The zero-order valence-electron chi connectivity index (χ0n) is 13.4. The first-order valence-corrected chi connectivity index (χ1v) is 8.11. The van der Waals surface area contributed by atoms with Crippen molar-refractivity contribution in [1.82, 2.24) is 4.90 Å². The summed E-state index contributed by atoms with van der Waals surface area (Å²) in [7, 11) is 1.43. The lowest BCUT2D eigenvalue weighted by Crippen LogP contribution is -2.32. The van der Waals surface area contributed by atoms with E-state index < -0.39 is 6.10 Å². The molecule has 0 spiro atoms. The standard InChI is InChI=1S/C19H23NO3/c1-23-19(22)17-8-9-20(12-17)13-18(21)11-14-6-7-15-4-2-3-5-16(15)10-14/h2-7,10,17-18,21H,8-9,11-13H2,1H3. The molecule has 23 heavy (non-hydrogen) atoms. The van der Waals surface area contributed by atoms with Crippen LogP contribution in [0.2, 0.25) is 0 Å². The lowest BCUT2D eigenvalue weighted by molar-refractivity contribution is -0.145. The lowest BCUT2D eigenvalue weighted by Gasteiger charge is -2.20. The van der Waals surface area contributed by atoms with Crippen LogP contribution in [0.25, 0.3) is 10.8 Å². The number of methoxy groups -OCH3 is 1. The average Bonchev–Trinajstić information content (AvgIpc) is 3.02. The molecule has 1 N–H and O–H groups in total. The van der Waals surface area contributed by atoms with Crippen molar-refractivity contribution in [3.05, 3.63) is 48.0 Å². The van der Waals surface area contributed by atoms with Crippen LogP contribution in [0.1, 0.15) is 12.0 Å². The van der Waals surface area contributed by atoms with Crippen LogP contribution in [0, 0.1) is 5.92 Å². The molecule has 1 fully saturated rings. The molecule has 0 amide bonds. The number of β-amino-alcohol motifs (C(OH)–C–C–N with tert-alkyl or cyclic N) is 1. The van der Waals surface area contributed by atoms with Crippen LogP contribution in [0.4, 0.5) is 0 Å². The summed E-state index contributed by atoms with van der Waals surface area (Å²) >= 11 is 0. The Morgan fingerprint density at radius 1 is 1.30 bits per heavy atom. The predicted octanol–water partition coefficient (Wildman–Crippen LogP) is 2.24. The number of benzene rings is 2. The summed E-state index contributed by atoms with van der Waals surface area (Å²) in [4.78, 5) is 13.7. The van der Waals surface area contributed by atoms with Gasteiger partial charge in [-0.25, -0.2) is 0 Å². The number of rotatable bonds is 5. The van der Waals surface area contributed by atoms with E-state index in [2.05, 4.69) is 35.2 Å². The Morgan fingerprint density at radius 2 is 2.09 bits per heavy atom. The largest absolute Gasteiger partial charge is 0.469 e. The Bertz CT molecular complexity index is 685. The van der Waals surface area contributed by atoms with Gasteiger partial charge in [0.1, 0.15) is 0 Å². The van der Waals surface area contributed by atoms with Crippen molar-refractivity contribution in [3.63, 3.8) is 0 Å². The highest BCUT2D eigenvalue weighted by molar-refractivity contribution is 5.83. The van der Waals surface area contributed by atoms with Gasteiger partial charge in [0.2, 0.25) is 0 Å². The highest BCUT2D eigenvalue weighted by Gasteiger charge is 2.29. The number of aliphatic hydroxyl groups excluding tert-OH is 1. The van der Waals surface area contributed by atoms with E-state index in [4.69, 9.17) is 4.74 Å². The van der Waals surface area contributed by atoms with Crippen LogP contribution >= 0.6 is 0 Å². The molecule has 2 aromatic rings. The number of nitrogens with zero attached hydrogens (tertiary/aromatic N) is 1. The summed E-state index contributed by atoms with van der Waals surface area (Å²) in [5.74, 6) is -0.190. The van der Waals surface area contributed by atoms with Gasteiger partial charge >= 0.3 is 5.97 Å². The molecule has 0 aromatic heterocycles. The Morgan fingerprint density at radius 3 is 2.87 bits per heavy atom. The molecule has 0 radical (unpaired) electrons. The van der Waals surface area contributed by atoms with Gasteiger partial charge < -0.3 is 9.84 Å². The van der Waals surface area contributed by atoms with E-state index in [1.165, 1.54) is 17.9 Å². The Hall–Kier alpha value is -1.91. The summed E-state index contributed by atoms with van der Waals surface area (Å²) < 4.78 is 4.80. The third kappa shape index (κ3) is 3.89. The maximum absolute atomic E-state index is 11.5. The van der Waals surface area contributed by atoms with E-state index >= 15 is 0 Å². The molecule has 0 saturated carbocycles. The second-order valence-corrected chi connectivity index (χ2v) is 6.31. The SMILES string of the molecule is COC(=O)C1CCN(CC(O)Cc2ccc3ccccc3c2)C1. The number of fused-ring (bicyclic) bond motifs is 1. The zero-order valence-corrected chi connectivity index (χ0v) is 13.4. The second kappa shape index (κ2) is 7.11. The Labute approximate surface area is 136 Å². The molecular formula is C19H23NO3. The maximum Gasteiger partial charge on any atom is 0.310 e. The quantitative estimate of drug-likeness (QED) is 0.860. The minimum absolute atomic E-state index is 0.0483. The Balaban J connectivity index is 1.56. The average molecular weight is 313 g/mol. The summed E-state index contributed by atoms with van der Waals surface area (Å²) in [6, 6.07) is 14.5. The molecule has 4 heteroatoms. The van der Waals surface area contributed by atoms with Crippen molar-refractivity contribution in [2.24, 2.45) is 5.92 Å². The van der Waals surface area contributed by atoms with Gasteiger partial charge in [0.05, 0.1) is 19.1 Å². The van der Waals surface area contributed by atoms with Crippen LogP contribution in [0.15, 0.2) is 42.5 Å². The highest BCUT2D eigenvalue weighted by atomic mass is 16.5. The van der Waals surface area contributed by atoms with Crippen molar-refractivity contribution >= 4 is 16.7 Å². The van der Waals surface area contributed by atoms with E-state index in [0.717, 1.165) is 18.5 Å². The molecule has 2 unspecified atom stereocenters. The van der Waals surface area contributed by atoms with Crippen LogP contribution in [-0.2, 0) is 16.0 Å². The number of ether oxygens (including phenoxy) is 1. The fraction of sp³-hybridized carbons (Fsp3) is 0.421. The molecule has 2 atom stereocenters. The van der Waals surface area contributed by atoms with E-state index in [-0.39, 0.29) is 11.9 Å². The van der Waals surface area contributed by atoms with Crippen molar-refractivity contribution in [1.29, 1.82) is 0 Å². The van der Waals surface area contributed by atoms with Crippen molar-refractivity contribution < 1.29 is 14.6 Å². The number of esters is 1. The molecule has 0 aliphatic carbocycles. The number of carbonyl (C=O) groups is 1. The van der Waals surface area contributed by atoms with Gasteiger partial charge in [0, 0.05) is 13.1 Å². The molecule has 0 bridgehead atoms. The first-order chi connectivity index (χ1) is 11.2. The maximum atomic E-state index is 11.5. The number of hydrogen-bond acceptors (Lipinski definition) is 4. The normalized spacial score (nSPS) is 19.8. The van der Waals surface area contributed by atoms with Crippen LogP contribution < -0.4 is 0 Å². The van der Waals surface area contributed by atoms with Crippen LogP contribution in [0.3, 0.4) is 0 Å². The van der Waals surface area contributed by atoms with Gasteiger partial charge in [-0.3, -0.25) is 9.69 Å². The minimum atomic E-state index is -0.424. The van der Waals surface area contributed by atoms with E-state index in [1.807, 2.05) is 12.1 Å². The smallest absolute Gasteiger partial charge is 0.310 e. The molecule has 1 aliphatic rings. The number of aliphatic hydroxyl groups is 1. The van der Waals surface area contributed by atoms with E-state index in [9.17, 15) is 9.90 Å². The van der Waals surface area contributed by atoms with Crippen LogP contribution in [-0.4, -0.2) is 48.8 Å². The monoisotopic (exact) mass is 313 g/mol. The van der Waals surface area contributed by atoms with Gasteiger partial charge in [-0.1, -0.05) is 42.5 Å². The Kier molecular flexibility index (Phi) is 4.94. The fourth-order valence-electron chi connectivity index (χ4n) is 3.36. The molecular weight excluding hydrogens is 290 g/mol. The van der Waals surface area contributed by atoms with Gasteiger partial charge in [0.15, 0.2) is 0 Å². The van der Waals surface area contributed by atoms with Crippen LogP contribution in [0.5, 0.6) is 0 Å². The second-order valence-electron chi connectivity index (χ2n) is 6.31. The van der Waals surface area contributed by atoms with Crippen molar-refractivity contribution in [2.75, 3.05) is 26.7 Å². The van der Waals surface area contributed by atoms with E-state index in [0.29, 0.717) is 19.5 Å². The number of carbonyl (C=O) groups excluding carboxylic acids is 1. The van der Waals surface area contributed by atoms with Gasteiger partial charge in [-0.2, -0.15) is 0 Å². The molecule has 3 rings (SSSR count). The van der Waals surface area contributed by atoms with Gasteiger partial charge in [-0.15, -0.1) is 0 Å². The lowest BCUT2D eigenvalue weighted by atomic mass is 10.0. The predicted molar refractivity (Wildman–Crippen MR) is 90.2 cm³/mol. The molecule has 122 valence electrons. The molecule has 1 saturated heterocycles. The summed E-state index contributed by atoms with van der Waals surface area (Å²) in [5, 5.41) is 12.8. The molecule has 1 heterocycles. The first kappa shape index (κ1) is 16.0. The number of likely N-dealkylation sites (tertiary alicyclic amines) is 1. The topological polar surface area (TPSA) is 49.8 Å². The third-order valence-corrected chi connectivity index (χ3v) is 4.56. The van der Waals surface area contributed by atoms with Gasteiger partial charge in [-0.05, 0) is 35.7 Å². The van der Waals surface area contributed by atoms with E-state index in [1.54, 1.807) is 0 Å². The summed E-state index contributed by atoms with van der Waals surface area (Å²) in [5.41, 5.74) is 1.14. The highest BCUT2D eigenvalue weighted by Crippen LogP contribution is 2.20. The first-order valence-electron chi connectivity index (χ1n) is 8.11. The zero-order chi connectivity index (χ0) is 16.2. The van der Waals surface area contributed by atoms with Crippen molar-refractivity contribution in [2.45, 2.75) is 18.9 Å². The number of hydrogen-bond donors (Lipinski definition) is 1. The van der Waals surface area contributed by atoms with Crippen molar-refractivity contribution in [3.8, 4) is 0 Å². The van der Waals surface area contributed by atoms with Gasteiger partial charge in [0.25, 0.3) is 0 Å². The summed E-state index contributed by atoms with van der Waals surface area (Å²) in [6.45, 7) is 2.12.